The number of pyridine rings is 1. The number of carbonyl (C=O) groups excluding carboxylic acids is 1. The molecule has 1 aromatic carbocycles. The lowest BCUT2D eigenvalue weighted by atomic mass is 10.0. The van der Waals surface area contributed by atoms with Crippen LogP contribution in [0.5, 0.6) is 5.75 Å². The highest BCUT2D eigenvalue weighted by atomic mass is 16.5. The Hall–Kier alpha value is -2.89. The van der Waals surface area contributed by atoms with Crippen LogP contribution >= 0.6 is 0 Å². The van der Waals surface area contributed by atoms with Gasteiger partial charge in [0.05, 0.1) is 12.1 Å². The first-order valence-corrected chi connectivity index (χ1v) is 8.09. The number of nitrogens with one attached hydrogen (secondary N) is 1. The van der Waals surface area contributed by atoms with Gasteiger partial charge in [0.25, 0.3) is 0 Å². The van der Waals surface area contributed by atoms with Crippen molar-refractivity contribution in [3.8, 4) is 5.75 Å². The van der Waals surface area contributed by atoms with Crippen LogP contribution in [0.2, 0.25) is 0 Å². The molecule has 1 aromatic heterocycles. The van der Waals surface area contributed by atoms with E-state index in [1.54, 1.807) is 44.3 Å². The summed E-state index contributed by atoms with van der Waals surface area (Å²) in [5.74, 6) is -0.839. The Balaban J connectivity index is 1.87. The molecule has 6 heteroatoms. The zero-order valence-electron chi connectivity index (χ0n) is 14.3. The smallest absolute Gasteiger partial charge is 0.326 e. The van der Waals surface area contributed by atoms with Gasteiger partial charge in [-0.05, 0) is 35.7 Å². The number of carboxylic acids is 1. The van der Waals surface area contributed by atoms with Gasteiger partial charge in [-0.15, -0.1) is 0 Å². The van der Waals surface area contributed by atoms with Crippen molar-refractivity contribution in [1.29, 1.82) is 0 Å². The van der Waals surface area contributed by atoms with Crippen LogP contribution in [0, 0.1) is 5.92 Å². The van der Waals surface area contributed by atoms with Crippen LogP contribution in [-0.4, -0.2) is 28.0 Å². The molecule has 25 heavy (non-hydrogen) atoms. The zero-order valence-corrected chi connectivity index (χ0v) is 14.3. The zero-order chi connectivity index (χ0) is 18.2. The molecule has 0 spiro atoms. The van der Waals surface area contributed by atoms with Crippen LogP contribution < -0.4 is 10.1 Å². The molecule has 2 rings (SSSR count). The molecule has 0 aliphatic carbocycles. The fourth-order valence-corrected chi connectivity index (χ4v) is 2.27. The Bertz CT molecular complexity index is 699. The van der Waals surface area contributed by atoms with Gasteiger partial charge in [0.1, 0.15) is 18.4 Å². The number of carbonyl (C=O) groups is 2. The molecule has 0 unspecified atom stereocenters. The largest absolute Gasteiger partial charge is 0.487 e. The van der Waals surface area contributed by atoms with E-state index >= 15 is 0 Å². The molecule has 0 saturated heterocycles. The number of ether oxygens (including phenoxy) is 1. The molecule has 0 bridgehead atoms. The van der Waals surface area contributed by atoms with Crippen LogP contribution in [0.1, 0.15) is 25.1 Å². The normalized spacial score (nSPS) is 11.8. The van der Waals surface area contributed by atoms with Crippen molar-refractivity contribution in [1.82, 2.24) is 10.3 Å². The van der Waals surface area contributed by atoms with Gasteiger partial charge in [-0.1, -0.05) is 32.0 Å². The first kappa shape index (κ1) is 18.4. The minimum absolute atomic E-state index is 0.122. The van der Waals surface area contributed by atoms with Crippen LogP contribution in [0.15, 0.2) is 48.7 Å². The molecule has 0 aliphatic rings. The first-order valence-electron chi connectivity index (χ1n) is 8.09. The fourth-order valence-electron chi connectivity index (χ4n) is 2.27. The van der Waals surface area contributed by atoms with Crippen LogP contribution in [0.3, 0.4) is 0 Å². The van der Waals surface area contributed by atoms with E-state index in [1.165, 1.54) is 0 Å². The molecule has 1 heterocycles. The fraction of sp³-hybridized carbons (Fsp3) is 0.316. The summed E-state index contributed by atoms with van der Waals surface area (Å²) in [6, 6.07) is 11.9. The number of rotatable bonds is 8. The quantitative estimate of drug-likeness (QED) is 0.769. The minimum atomic E-state index is -1.03. The Kier molecular flexibility index (Phi) is 6.51. The summed E-state index contributed by atoms with van der Waals surface area (Å²) in [5, 5.41) is 11.7. The van der Waals surface area contributed by atoms with Crippen molar-refractivity contribution in [2.24, 2.45) is 5.92 Å². The van der Waals surface area contributed by atoms with Gasteiger partial charge >= 0.3 is 5.97 Å². The van der Waals surface area contributed by atoms with Crippen molar-refractivity contribution in [3.05, 3.63) is 59.9 Å². The Morgan fingerprint density at radius 2 is 1.88 bits per heavy atom. The number of benzene rings is 1. The lowest BCUT2D eigenvalue weighted by Crippen LogP contribution is -2.44. The Morgan fingerprint density at radius 3 is 2.44 bits per heavy atom. The molecule has 0 aliphatic heterocycles. The SMILES string of the molecule is CC(C)[C@H](NC(=O)Cc1ccc(OCc2ccccn2)cc1)C(=O)O. The molecule has 2 N–H and O–H groups in total. The van der Waals surface area contributed by atoms with Gasteiger partial charge < -0.3 is 15.2 Å². The molecule has 2 aromatic rings. The molecule has 132 valence electrons. The maximum Gasteiger partial charge on any atom is 0.326 e. The summed E-state index contributed by atoms with van der Waals surface area (Å²) in [6.07, 6.45) is 1.83. The van der Waals surface area contributed by atoms with Gasteiger partial charge in [0.2, 0.25) is 5.91 Å². The van der Waals surface area contributed by atoms with Crippen molar-refractivity contribution in [2.75, 3.05) is 0 Å². The average molecular weight is 342 g/mol. The van der Waals surface area contributed by atoms with Crippen LogP contribution in [0.25, 0.3) is 0 Å². The third kappa shape index (κ3) is 5.91. The second kappa shape index (κ2) is 8.82. The van der Waals surface area contributed by atoms with Crippen molar-refractivity contribution >= 4 is 11.9 Å². The molecular formula is C19H22N2O4. The van der Waals surface area contributed by atoms with Crippen molar-refractivity contribution in [2.45, 2.75) is 32.9 Å². The van der Waals surface area contributed by atoms with E-state index in [0.717, 1.165) is 11.3 Å². The van der Waals surface area contributed by atoms with E-state index in [2.05, 4.69) is 10.3 Å². The molecule has 0 fully saturated rings. The van der Waals surface area contributed by atoms with Gasteiger partial charge in [-0.25, -0.2) is 4.79 Å². The summed E-state index contributed by atoms with van der Waals surface area (Å²) in [5.41, 5.74) is 1.62. The number of aromatic nitrogens is 1. The number of aliphatic carboxylic acids is 1. The van der Waals surface area contributed by atoms with Crippen LogP contribution in [-0.2, 0) is 22.6 Å². The average Bonchev–Trinajstić information content (AvgIpc) is 2.59. The Labute approximate surface area is 146 Å². The van der Waals surface area contributed by atoms with Crippen molar-refractivity contribution < 1.29 is 19.4 Å². The lowest BCUT2D eigenvalue weighted by molar-refractivity contribution is -0.143. The third-order valence-corrected chi connectivity index (χ3v) is 3.65. The number of hydrogen-bond donors (Lipinski definition) is 2. The van der Waals surface area contributed by atoms with Gasteiger partial charge in [-0.3, -0.25) is 9.78 Å². The maximum atomic E-state index is 12.0. The number of carboxylic acid groups (broad SMARTS) is 1. The highest BCUT2D eigenvalue weighted by Crippen LogP contribution is 2.14. The summed E-state index contributed by atoms with van der Waals surface area (Å²) in [4.78, 5) is 27.3. The molecule has 6 nitrogen and oxygen atoms in total. The molecule has 0 saturated carbocycles. The number of hydrogen-bond acceptors (Lipinski definition) is 4. The summed E-state index contributed by atoms with van der Waals surface area (Å²) in [6.45, 7) is 3.88. The van der Waals surface area contributed by atoms with Crippen LogP contribution in [0.4, 0.5) is 0 Å². The third-order valence-electron chi connectivity index (χ3n) is 3.65. The molecular weight excluding hydrogens is 320 g/mol. The van der Waals surface area contributed by atoms with E-state index in [9.17, 15) is 9.59 Å². The maximum absolute atomic E-state index is 12.0. The minimum Gasteiger partial charge on any atom is -0.487 e. The second-order valence-electron chi connectivity index (χ2n) is 6.06. The molecule has 1 amide bonds. The predicted molar refractivity (Wildman–Crippen MR) is 93.1 cm³/mol. The van der Waals surface area contributed by atoms with Gasteiger partial charge in [0, 0.05) is 6.20 Å². The summed E-state index contributed by atoms with van der Waals surface area (Å²) >= 11 is 0. The topological polar surface area (TPSA) is 88.5 Å². The summed E-state index contributed by atoms with van der Waals surface area (Å²) in [7, 11) is 0. The second-order valence-corrected chi connectivity index (χ2v) is 6.06. The van der Waals surface area contributed by atoms with E-state index < -0.39 is 12.0 Å². The van der Waals surface area contributed by atoms with Crippen molar-refractivity contribution in [3.63, 3.8) is 0 Å². The van der Waals surface area contributed by atoms with E-state index in [0.29, 0.717) is 12.4 Å². The highest BCUT2D eigenvalue weighted by Gasteiger charge is 2.23. The number of amides is 1. The van der Waals surface area contributed by atoms with Gasteiger partial charge in [0.15, 0.2) is 0 Å². The predicted octanol–water partition coefficient (Wildman–Crippen LogP) is 2.43. The first-order chi connectivity index (χ1) is 12.0. The Morgan fingerprint density at radius 1 is 1.16 bits per heavy atom. The summed E-state index contributed by atoms with van der Waals surface area (Å²) < 4.78 is 5.64. The lowest BCUT2D eigenvalue weighted by Gasteiger charge is -2.17. The van der Waals surface area contributed by atoms with E-state index in [1.807, 2.05) is 18.2 Å². The monoisotopic (exact) mass is 342 g/mol. The van der Waals surface area contributed by atoms with E-state index in [-0.39, 0.29) is 18.2 Å². The highest BCUT2D eigenvalue weighted by molar-refractivity contribution is 5.85. The molecule has 0 radical (unpaired) electrons. The number of nitrogens with zero attached hydrogens (tertiary/aromatic N) is 1. The molecule has 1 atom stereocenters. The standard InChI is InChI=1S/C19H22N2O4/c1-13(2)18(19(23)24)21-17(22)11-14-6-8-16(9-7-14)25-12-15-5-3-4-10-20-15/h3-10,13,18H,11-12H2,1-2H3,(H,21,22)(H,23,24)/t18-/m0/s1. The van der Waals surface area contributed by atoms with E-state index in [4.69, 9.17) is 9.84 Å². The van der Waals surface area contributed by atoms with Gasteiger partial charge in [-0.2, -0.15) is 0 Å².